The monoisotopic (exact) mass is 381 g/mol. The lowest BCUT2D eigenvalue weighted by Crippen LogP contribution is -2.39. The highest BCUT2D eigenvalue weighted by atomic mass is 32.2. The fraction of sp³-hybridized carbons (Fsp3) is 0.706. The van der Waals surface area contributed by atoms with E-state index in [1.165, 1.54) is 20.5 Å². The molecular weight excluding hydrogens is 354 g/mol. The van der Waals surface area contributed by atoms with Crippen molar-refractivity contribution >= 4 is 23.4 Å². The lowest BCUT2D eigenvalue weighted by Gasteiger charge is -2.30. The lowest BCUT2D eigenvalue weighted by molar-refractivity contribution is -0.118. The molecule has 0 aliphatic heterocycles. The Morgan fingerprint density at radius 2 is 2.04 bits per heavy atom. The normalized spacial score (nSPS) is 22.0. The van der Waals surface area contributed by atoms with Crippen LogP contribution in [0.2, 0.25) is 0 Å². The first-order valence-electron chi connectivity index (χ1n) is 8.83. The number of nitrogens with zero attached hydrogens (tertiary/aromatic N) is 4. The third-order valence-electron chi connectivity index (χ3n) is 4.72. The van der Waals surface area contributed by atoms with E-state index in [1.807, 2.05) is 0 Å². The highest BCUT2D eigenvalue weighted by molar-refractivity contribution is 7.99. The maximum Gasteiger partial charge on any atom is 0.346 e. The molecule has 1 amide bonds. The van der Waals surface area contributed by atoms with E-state index in [-0.39, 0.29) is 16.7 Å². The molecule has 0 saturated heterocycles. The minimum Gasteiger partial charge on any atom is -0.272 e. The Balaban J connectivity index is 2.01. The number of hydrogen-bond donors (Lipinski definition) is 1. The Morgan fingerprint density at radius 3 is 2.69 bits per heavy atom. The number of rotatable bonds is 5. The second kappa shape index (κ2) is 8.66. The molecule has 1 heterocycles. The van der Waals surface area contributed by atoms with Crippen LogP contribution in [0.15, 0.2) is 19.7 Å². The van der Waals surface area contributed by atoms with Gasteiger partial charge in [0.25, 0.3) is 5.56 Å². The Hall–Kier alpha value is -1.90. The van der Waals surface area contributed by atoms with Gasteiger partial charge in [-0.05, 0) is 31.1 Å². The Kier molecular flexibility index (Phi) is 6.80. The fourth-order valence-corrected chi connectivity index (χ4v) is 3.92. The van der Waals surface area contributed by atoms with Crippen molar-refractivity contribution < 1.29 is 4.79 Å². The molecule has 0 radical (unpaired) electrons. The molecule has 26 heavy (non-hydrogen) atoms. The minimum absolute atomic E-state index is 0.0130. The van der Waals surface area contributed by atoms with Crippen LogP contribution in [0.4, 0.5) is 0 Å². The molecule has 2 atom stereocenters. The summed E-state index contributed by atoms with van der Waals surface area (Å²) in [6, 6.07) is 0. The number of thioether (sulfide) groups is 1. The van der Waals surface area contributed by atoms with Crippen LogP contribution in [0.5, 0.6) is 0 Å². The third kappa shape index (κ3) is 4.84. The van der Waals surface area contributed by atoms with Crippen molar-refractivity contribution in [3.63, 3.8) is 0 Å². The molecule has 1 fully saturated rings. The SMILES string of the molecule is CC(C)[C@H]1CC[C@@H](C)C/C1=N/NC(=O)CSc1nn(C)c(=O)n(C)c1=O. The van der Waals surface area contributed by atoms with E-state index in [2.05, 4.69) is 36.4 Å². The number of hydrogen-bond acceptors (Lipinski definition) is 6. The number of carbonyl (C=O) groups excluding carboxylic acids is 1. The summed E-state index contributed by atoms with van der Waals surface area (Å²) in [7, 11) is 2.85. The smallest absolute Gasteiger partial charge is 0.272 e. The quantitative estimate of drug-likeness (QED) is 0.609. The third-order valence-corrected chi connectivity index (χ3v) is 5.65. The molecule has 144 valence electrons. The molecule has 0 spiro atoms. The molecule has 1 saturated carbocycles. The minimum atomic E-state index is -0.502. The summed E-state index contributed by atoms with van der Waals surface area (Å²) in [5.41, 5.74) is 2.66. The van der Waals surface area contributed by atoms with Crippen molar-refractivity contribution in [2.45, 2.75) is 45.1 Å². The van der Waals surface area contributed by atoms with Crippen LogP contribution in [0.25, 0.3) is 0 Å². The number of amides is 1. The zero-order chi connectivity index (χ0) is 19.4. The molecule has 1 N–H and O–H groups in total. The van der Waals surface area contributed by atoms with Crippen molar-refractivity contribution in [3.05, 3.63) is 20.8 Å². The van der Waals surface area contributed by atoms with Gasteiger partial charge in [-0.15, -0.1) is 0 Å². The van der Waals surface area contributed by atoms with Crippen LogP contribution in [-0.2, 0) is 18.9 Å². The van der Waals surface area contributed by atoms with Crippen LogP contribution in [0.3, 0.4) is 0 Å². The summed E-state index contributed by atoms with van der Waals surface area (Å²) in [6.07, 6.45) is 3.19. The molecular formula is C17H27N5O3S. The van der Waals surface area contributed by atoms with Gasteiger partial charge in [-0.2, -0.15) is 10.2 Å². The van der Waals surface area contributed by atoms with Gasteiger partial charge in [-0.1, -0.05) is 32.5 Å². The van der Waals surface area contributed by atoms with Gasteiger partial charge < -0.3 is 0 Å². The maximum atomic E-state index is 12.1. The molecule has 1 aromatic heterocycles. The molecule has 2 rings (SSSR count). The van der Waals surface area contributed by atoms with Gasteiger partial charge in [0.1, 0.15) is 0 Å². The Labute approximate surface area is 157 Å². The first-order chi connectivity index (χ1) is 12.2. The molecule has 1 aromatic rings. The van der Waals surface area contributed by atoms with Gasteiger partial charge in [-0.25, -0.2) is 14.9 Å². The van der Waals surface area contributed by atoms with E-state index >= 15 is 0 Å². The van der Waals surface area contributed by atoms with Crippen molar-refractivity contribution in [1.82, 2.24) is 19.8 Å². The number of carbonyl (C=O) groups is 1. The van der Waals surface area contributed by atoms with Crippen molar-refractivity contribution in [1.29, 1.82) is 0 Å². The van der Waals surface area contributed by atoms with Crippen LogP contribution in [-0.4, -0.2) is 31.7 Å². The molecule has 0 aromatic carbocycles. The number of hydrazone groups is 1. The molecule has 9 heteroatoms. The maximum absolute atomic E-state index is 12.1. The predicted molar refractivity (Wildman–Crippen MR) is 102 cm³/mol. The first kappa shape index (κ1) is 20.4. The zero-order valence-electron chi connectivity index (χ0n) is 16.0. The highest BCUT2D eigenvalue weighted by Gasteiger charge is 2.27. The zero-order valence-corrected chi connectivity index (χ0v) is 16.8. The first-order valence-corrected chi connectivity index (χ1v) is 9.81. The summed E-state index contributed by atoms with van der Waals surface area (Å²) in [4.78, 5) is 35.8. The summed E-state index contributed by atoms with van der Waals surface area (Å²) in [6.45, 7) is 6.55. The number of aryl methyl sites for hydroxylation is 1. The number of aromatic nitrogens is 3. The molecule has 1 aliphatic rings. The van der Waals surface area contributed by atoms with Crippen LogP contribution >= 0.6 is 11.8 Å². The van der Waals surface area contributed by atoms with E-state index in [0.717, 1.165) is 39.6 Å². The Morgan fingerprint density at radius 1 is 1.35 bits per heavy atom. The van der Waals surface area contributed by atoms with E-state index in [0.29, 0.717) is 17.8 Å². The summed E-state index contributed by atoms with van der Waals surface area (Å²) >= 11 is 1.00. The largest absolute Gasteiger partial charge is 0.346 e. The van der Waals surface area contributed by atoms with Gasteiger partial charge in [-0.3, -0.25) is 14.2 Å². The van der Waals surface area contributed by atoms with Crippen LogP contribution < -0.4 is 16.7 Å². The van der Waals surface area contributed by atoms with Gasteiger partial charge in [0, 0.05) is 25.7 Å². The van der Waals surface area contributed by atoms with Crippen molar-refractivity contribution in [3.8, 4) is 0 Å². The van der Waals surface area contributed by atoms with Crippen molar-refractivity contribution in [2.24, 2.45) is 37.0 Å². The topological polar surface area (TPSA) is 98.3 Å². The van der Waals surface area contributed by atoms with Crippen LogP contribution in [0, 0.1) is 17.8 Å². The van der Waals surface area contributed by atoms with Crippen molar-refractivity contribution in [2.75, 3.05) is 5.75 Å². The highest BCUT2D eigenvalue weighted by Crippen LogP contribution is 2.31. The van der Waals surface area contributed by atoms with E-state index in [1.54, 1.807) is 0 Å². The second-order valence-electron chi connectivity index (χ2n) is 7.24. The van der Waals surface area contributed by atoms with Gasteiger partial charge in [0.2, 0.25) is 5.91 Å². The van der Waals surface area contributed by atoms with Gasteiger partial charge in [0.15, 0.2) is 5.03 Å². The van der Waals surface area contributed by atoms with Gasteiger partial charge in [0.05, 0.1) is 5.75 Å². The average Bonchev–Trinajstić information content (AvgIpc) is 2.59. The van der Waals surface area contributed by atoms with E-state index in [9.17, 15) is 14.4 Å². The molecule has 0 bridgehead atoms. The molecule has 0 unspecified atom stereocenters. The Bertz CT molecular complexity index is 812. The lowest BCUT2D eigenvalue weighted by atomic mass is 9.76. The molecule has 1 aliphatic carbocycles. The summed E-state index contributed by atoms with van der Waals surface area (Å²) in [5.74, 6) is 1.19. The van der Waals surface area contributed by atoms with E-state index in [4.69, 9.17) is 0 Å². The summed E-state index contributed by atoms with van der Waals surface area (Å²) in [5, 5.41) is 8.40. The van der Waals surface area contributed by atoms with Gasteiger partial charge >= 0.3 is 5.69 Å². The fourth-order valence-electron chi connectivity index (χ4n) is 3.15. The van der Waals surface area contributed by atoms with E-state index < -0.39 is 11.2 Å². The average molecular weight is 382 g/mol. The molecule has 8 nitrogen and oxygen atoms in total. The summed E-state index contributed by atoms with van der Waals surface area (Å²) < 4.78 is 2.06. The standard InChI is InChI=1S/C17H27N5O3S/c1-10(2)12-7-6-11(3)8-13(12)18-19-14(23)9-26-15-16(24)21(4)17(25)22(5)20-15/h10-12H,6-9H2,1-5H3,(H,19,23)/b18-13-/t11-,12-/m1/s1. The van der Waals surface area contributed by atoms with Crippen LogP contribution in [0.1, 0.15) is 40.0 Å². The predicted octanol–water partition coefficient (Wildman–Crippen LogP) is 1.14. The number of nitrogens with one attached hydrogen (secondary N) is 1. The second-order valence-corrected chi connectivity index (χ2v) is 8.20.